The molecule has 462 valence electrons. The molecule has 0 fully saturated rings. The Labute approximate surface area is 495 Å². The number of nitrogens with one attached hydrogen (secondary N) is 1. The van der Waals surface area contributed by atoms with E-state index in [0.717, 1.165) is 57.8 Å². The number of unbranched alkanes of at least 4 members (excludes halogenated alkanes) is 49. The number of aliphatic hydroxyl groups is 2. The van der Waals surface area contributed by atoms with Crippen molar-refractivity contribution in [2.75, 3.05) is 6.61 Å². The van der Waals surface area contributed by atoms with Crippen LogP contribution in [0.2, 0.25) is 0 Å². The Balaban J connectivity index is 3.43. The van der Waals surface area contributed by atoms with Gasteiger partial charge in [0, 0.05) is 6.42 Å². The Bertz CT molecular complexity index is 1340. The molecule has 0 aromatic carbocycles. The molecule has 79 heavy (non-hydrogen) atoms. The number of amides is 1. The van der Waals surface area contributed by atoms with Crippen LogP contribution in [0.15, 0.2) is 72.9 Å². The van der Waals surface area contributed by atoms with Crippen molar-refractivity contribution in [3.63, 3.8) is 0 Å². The first-order chi connectivity index (χ1) is 39.2. The quantitative estimate of drug-likeness (QED) is 0.0420. The molecule has 0 rings (SSSR count). The Morgan fingerprint density at radius 2 is 0.557 bits per heavy atom. The van der Waals surface area contributed by atoms with Crippen molar-refractivity contribution in [2.45, 2.75) is 392 Å². The van der Waals surface area contributed by atoms with Crippen LogP contribution in [0, 0.1) is 0 Å². The fraction of sp³-hybridized carbons (Fsp3) is 0.827. The molecule has 0 saturated carbocycles. The topological polar surface area (TPSA) is 69.6 Å². The van der Waals surface area contributed by atoms with E-state index in [1.807, 2.05) is 6.08 Å². The van der Waals surface area contributed by atoms with Crippen molar-refractivity contribution in [1.29, 1.82) is 0 Å². The van der Waals surface area contributed by atoms with Crippen molar-refractivity contribution >= 4 is 5.91 Å². The predicted molar refractivity (Wildman–Crippen MR) is 354 cm³/mol. The zero-order valence-corrected chi connectivity index (χ0v) is 53.4. The van der Waals surface area contributed by atoms with E-state index >= 15 is 0 Å². The molecule has 4 nitrogen and oxygen atoms in total. The van der Waals surface area contributed by atoms with Crippen LogP contribution in [0.3, 0.4) is 0 Å². The number of aliphatic hydroxyl groups excluding tert-OH is 2. The molecule has 0 bridgehead atoms. The third-order valence-electron chi connectivity index (χ3n) is 16.4. The molecule has 1 amide bonds. The van der Waals surface area contributed by atoms with Gasteiger partial charge >= 0.3 is 0 Å². The van der Waals surface area contributed by atoms with Crippen molar-refractivity contribution in [3.8, 4) is 0 Å². The van der Waals surface area contributed by atoms with Crippen molar-refractivity contribution in [2.24, 2.45) is 0 Å². The third-order valence-corrected chi connectivity index (χ3v) is 16.4. The molecule has 3 N–H and O–H groups in total. The van der Waals surface area contributed by atoms with E-state index in [1.54, 1.807) is 6.08 Å². The first-order valence-electron chi connectivity index (χ1n) is 35.7. The van der Waals surface area contributed by atoms with Crippen LogP contribution in [-0.4, -0.2) is 34.9 Å². The molecule has 0 spiro atoms. The molecule has 0 aromatic rings. The van der Waals surface area contributed by atoms with Gasteiger partial charge in [-0.05, 0) is 64.2 Å². The van der Waals surface area contributed by atoms with Gasteiger partial charge in [-0.3, -0.25) is 4.79 Å². The Kier molecular flexibility index (Phi) is 68.2. The fourth-order valence-corrected chi connectivity index (χ4v) is 11.1. The Hall–Kier alpha value is -2.17. The molecule has 0 aromatic heterocycles. The van der Waals surface area contributed by atoms with E-state index in [-0.39, 0.29) is 12.5 Å². The average Bonchev–Trinajstić information content (AvgIpc) is 3.45. The van der Waals surface area contributed by atoms with E-state index in [4.69, 9.17) is 0 Å². The van der Waals surface area contributed by atoms with E-state index in [9.17, 15) is 15.0 Å². The number of carbonyl (C=O) groups is 1. The highest BCUT2D eigenvalue weighted by Crippen LogP contribution is 2.19. The molecule has 0 heterocycles. The monoisotopic (exact) mass is 1100 g/mol. The first kappa shape index (κ1) is 76.8. The summed E-state index contributed by atoms with van der Waals surface area (Å²) >= 11 is 0. The number of carbonyl (C=O) groups excluding carboxylic acids is 1. The number of allylic oxidation sites excluding steroid dienone is 11. The largest absolute Gasteiger partial charge is 0.394 e. The van der Waals surface area contributed by atoms with Gasteiger partial charge in [-0.25, -0.2) is 0 Å². The van der Waals surface area contributed by atoms with Crippen molar-refractivity contribution in [1.82, 2.24) is 5.32 Å². The van der Waals surface area contributed by atoms with Crippen LogP contribution in [-0.2, 0) is 4.79 Å². The Morgan fingerprint density at radius 1 is 0.316 bits per heavy atom. The molecule has 0 saturated heterocycles. The van der Waals surface area contributed by atoms with Crippen LogP contribution in [0.25, 0.3) is 0 Å². The highest BCUT2D eigenvalue weighted by Gasteiger charge is 2.18. The average molecular weight is 1100 g/mol. The summed E-state index contributed by atoms with van der Waals surface area (Å²) < 4.78 is 0. The minimum absolute atomic E-state index is 0.0576. The minimum atomic E-state index is -0.842. The summed E-state index contributed by atoms with van der Waals surface area (Å²) in [5.74, 6) is -0.0576. The lowest BCUT2D eigenvalue weighted by Crippen LogP contribution is -2.45. The van der Waals surface area contributed by atoms with E-state index in [2.05, 4.69) is 79.9 Å². The molecule has 0 radical (unpaired) electrons. The molecule has 2 unspecified atom stereocenters. The zero-order chi connectivity index (χ0) is 56.9. The molecule has 0 aliphatic heterocycles. The normalized spacial score (nSPS) is 13.1. The molecule has 2 atom stereocenters. The maximum Gasteiger partial charge on any atom is 0.220 e. The summed E-state index contributed by atoms with van der Waals surface area (Å²) in [4.78, 5) is 12.6. The highest BCUT2D eigenvalue weighted by molar-refractivity contribution is 5.76. The Morgan fingerprint density at radius 3 is 0.835 bits per heavy atom. The summed E-state index contributed by atoms with van der Waals surface area (Å²) in [6.07, 6.45) is 101. The van der Waals surface area contributed by atoms with Crippen LogP contribution in [0.4, 0.5) is 0 Å². The second-order valence-electron chi connectivity index (χ2n) is 24.3. The van der Waals surface area contributed by atoms with Gasteiger partial charge in [-0.2, -0.15) is 0 Å². The zero-order valence-electron chi connectivity index (χ0n) is 53.4. The maximum atomic E-state index is 12.6. The maximum absolute atomic E-state index is 12.6. The van der Waals surface area contributed by atoms with Gasteiger partial charge in [0.2, 0.25) is 5.91 Å². The number of hydrogen-bond acceptors (Lipinski definition) is 3. The van der Waals surface area contributed by atoms with Gasteiger partial charge < -0.3 is 15.5 Å². The van der Waals surface area contributed by atoms with Gasteiger partial charge in [0.1, 0.15) is 0 Å². The van der Waals surface area contributed by atoms with E-state index in [0.29, 0.717) is 6.42 Å². The van der Waals surface area contributed by atoms with Crippen LogP contribution in [0.5, 0.6) is 0 Å². The lowest BCUT2D eigenvalue weighted by Gasteiger charge is -2.20. The molecule has 0 aliphatic rings. The van der Waals surface area contributed by atoms with Gasteiger partial charge in [-0.15, -0.1) is 0 Å². The standard InChI is InChI=1S/C75H139NO3/c1-3-5-7-9-11-13-15-17-19-21-23-25-27-29-31-33-35-36-37-38-39-40-41-43-45-47-49-51-53-55-57-59-61-63-65-67-69-71-75(79)76-73(72-77)74(78)70-68-66-64-62-60-58-56-54-52-50-48-46-44-42-34-32-30-28-26-24-22-20-18-16-14-12-10-8-6-4-2/h5,7,11,13,17,19,23,25,29,31,68,70,73-74,77-78H,3-4,6,8-10,12,14-16,18,20-22,24,26-28,30,32-67,69,71-72H2,1-2H3,(H,76,79)/b7-5-,13-11-,19-17-,25-23-,31-29-,70-68+. The second kappa shape index (κ2) is 70.1. The third kappa shape index (κ3) is 66.5. The highest BCUT2D eigenvalue weighted by atomic mass is 16.3. The summed E-state index contributed by atoms with van der Waals surface area (Å²) in [6.45, 7) is 4.23. The predicted octanol–water partition coefficient (Wildman–Crippen LogP) is 24.4. The molecule has 0 aliphatic carbocycles. The first-order valence-corrected chi connectivity index (χ1v) is 35.7. The lowest BCUT2D eigenvalue weighted by molar-refractivity contribution is -0.123. The number of hydrogen-bond donors (Lipinski definition) is 3. The molecular weight excluding hydrogens is 963 g/mol. The summed E-state index contributed by atoms with van der Waals surface area (Å²) in [7, 11) is 0. The lowest BCUT2D eigenvalue weighted by atomic mass is 10.0. The minimum Gasteiger partial charge on any atom is -0.394 e. The summed E-state index contributed by atoms with van der Waals surface area (Å²) in [5, 5.41) is 23.3. The van der Waals surface area contributed by atoms with Crippen molar-refractivity contribution in [3.05, 3.63) is 72.9 Å². The molecular formula is C75H139NO3. The van der Waals surface area contributed by atoms with Gasteiger partial charge in [0.25, 0.3) is 0 Å². The van der Waals surface area contributed by atoms with Crippen molar-refractivity contribution < 1.29 is 15.0 Å². The van der Waals surface area contributed by atoms with Gasteiger partial charge in [-0.1, -0.05) is 382 Å². The van der Waals surface area contributed by atoms with E-state index in [1.165, 1.54) is 302 Å². The smallest absolute Gasteiger partial charge is 0.220 e. The molecule has 4 heteroatoms. The van der Waals surface area contributed by atoms with Gasteiger partial charge in [0.05, 0.1) is 18.8 Å². The second-order valence-corrected chi connectivity index (χ2v) is 24.3. The summed E-state index contributed by atoms with van der Waals surface area (Å²) in [5.41, 5.74) is 0. The SMILES string of the molecule is CC/C=C\C/C=C\C/C=C\C/C=C\C/C=C\CCCCCCCCCCCCCCCCCCCCCCCC(=O)NC(CO)C(O)/C=C/CCCCCCCCCCCCCCCCCCCCCCCCCCCCCC. The van der Waals surface area contributed by atoms with Crippen LogP contribution in [0.1, 0.15) is 380 Å². The van der Waals surface area contributed by atoms with Crippen LogP contribution < -0.4 is 5.32 Å². The summed E-state index contributed by atoms with van der Waals surface area (Å²) in [6, 6.07) is -0.625. The van der Waals surface area contributed by atoms with E-state index < -0.39 is 12.1 Å². The number of rotatable bonds is 66. The fourth-order valence-electron chi connectivity index (χ4n) is 11.1. The van der Waals surface area contributed by atoms with Gasteiger partial charge in [0.15, 0.2) is 0 Å². The van der Waals surface area contributed by atoms with Crippen LogP contribution >= 0.6 is 0 Å².